The highest BCUT2D eigenvalue weighted by Crippen LogP contribution is 2.35. The summed E-state index contributed by atoms with van der Waals surface area (Å²) >= 11 is 0. The molecule has 6 nitrogen and oxygen atoms in total. The summed E-state index contributed by atoms with van der Waals surface area (Å²) < 4.78 is 5.20. The third-order valence-corrected chi connectivity index (χ3v) is 5.27. The van der Waals surface area contributed by atoms with Gasteiger partial charge in [-0.25, -0.2) is 4.90 Å². The second kappa shape index (κ2) is 9.59. The number of carbonyl (C=O) groups excluding carboxylic acids is 2. The average molecular weight is 408 g/mol. The van der Waals surface area contributed by atoms with Crippen LogP contribution in [0.25, 0.3) is 5.57 Å². The number of anilines is 1. The van der Waals surface area contributed by atoms with Gasteiger partial charge in [-0.05, 0) is 48.2 Å². The third-order valence-electron chi connectivity index (χ3n) is 5.27. The topological polar surface area (TPSA) is 70.1 Å². The van der Waals surface area contributed by atoms with Crippen LogP contribution >= 0.6 is 0 Å². The van der Waals surface area contributed by atoms with Gasteiger partial charge in [-0.3, -0.25) is 9.59 Å². The minimum Gasteiger partial charge on any atom is -0.497 e. The molecule has 2 aromatic rings. The van der Waals surface area contributed by atoms with Gasteiger partial charge in [0.05, 0.1) is 25.0 Å². The van der Waals surface area contributed by atoms with Crippen LogP contribution < -0.4 is 9.64 Å². The van der Waals surface area contributed by atoms with Gasteiger partial charge in [0.25, 0.3) is 11.8 Å². The molecule has 2 amide bonds. The first-order chi connectivity index (χ1) is 14.5. The Kier molecular flexibility index (Phi) is 6.90. The van der Waals surface area contributed by atoms with Crippen molar-refractivity contribution in [2.45, 2.75) is 26.2 Å². The van der Waals surface area contributed by atoms with Gasteiger partial charge in [0.2, 0.25) is 0 Å². The number of nitrogens with zero attached hydrogens (tertiary/aromatic N) is 2. The number of amides is 2. The zero-order valence-electron chi connectivity index (χ0n) is 17.7. The summed E-state index contributed by atoms with van der Waals surface area (Å²) in [5.41, 5.74) is 2.98. The van der Waals surface area contributed by atoms with Crippen LogP contribution in [-0.4, -0.2) is 49.1 Å². The first-order valence-corrected chi connectivity index (χ1v) is 10.2. The lowest BCUT2D eigenvalue weighted by Crippen LogP contribution is -2.34. The van der Waals surface area contributed by atoms with Crippen LogP contribution in [0.5, 0.6) is 5.75 Å². The minimum absolute atomic E-state index is 0.122. The van der Waals surface area contributed by atoms with Crippen molar-refractivity contribution >= 4 is 23.1 Å². The Morgan fingerprint density at radius 3 is 2.23 bits per heavy atom. The molecule has 0 saturated carbocycles. The van der Waals surface area contributed by atoms with Crippen molar-refractivity contribution in [3.05, 3.63) is 65.4 Å². The smallest absolute Gasteiger partial charge is 0.282 e. The van der Waals surface area contributed by atoms with Crippen molar-refractivity contribution < 1.29 is 19.4 Å². The maximum absolute atomic E-state index is 13.4. The molecule has 1 aliphatic rings. The molecule has 0 unspecified atom stereocenters. The summed E-state index contributed by atoms with van der Waals surface area (Å²) in [5, 5.41) is 9.37. The van der Waals surface area contributed by atoms with Gasteiger partial charge in [-0.1, -0.05) is 37.6 Å². The number of carbonyl (C=O) groups is 2. The van der Waals surface area contributed by atoms with Crippen LogP contribution in [0.2, 0.25) is 0 Å². The Morgan fingerprint density at radius 1 is 1.00 bits per heavy atom. The van der Waals surface area contributed by atoms with E-state index in [0.717, 1.165) is 19.3 Å². The Morgan fingerprint density at radius 2 is 1.67 bits per heavy atom. The van der Waals surface area contributed by atoms with Crippen molar-refractivity contribution in [1.29, 1.82) is 0 Å². The summed E-state index contributed by atoms with van der Waals surface area (Å²) in [6, 6.07) is 14.6. The van der Waals surface area contributed by atoms with E-state index in [4.69, 9.17) is 4.74 Å². The Bertz CT molecular complexity index is 933. The lowest BCUT2D eigenvalue weighted by molar-refractivity contribution is -0.120. The van der Waals surface area contributed by atoms with E-state index in [1.165, 1.54) is 10.5 Å². The molecule has 0 aromatic heterocycles. The molecule has 1 N–H and O–H groups in total. The summed E-state index contributed by atoms with van der Waals surface area (Å²) in [4.78, 5) is 29.5. The molecular formula is C24H28N2O4. The number of benzene rings is 2. The number of likely N-dealkylation sites (N-methyl/N-ethyl adjacent to an activating group) is 1. The first kappa shape index (κ1) is 21.6. The molecule has 0 fully saturated rings. The minimum atomic E-state index is -0.386. The van der Waals surface area contributed by atoms with Crippen LogP contribution in [0, 0.1) is 0 Å². The van der Waals surface area contributed by atoms with E-state index in [1.807, 2.05) is 24.3 Å². The molecule has 1 aliphatic heterocycles. The zero-order valence-corrected chi connectivity index (χ0v) is 17.7. The number of rotatable bonds is 9. The zero-order chi connectivity index (χ0) is 21.7. The molecular weight excluding hydrogens is 380 g/mol. The summed E-state index contributed by atoms with van der Waals surface area (Å²) in [6.45, 7) is 2.27. The Balaban J connectivity index is 1.99. The monoisotopic (exact) mass is 408 g/mol. The maximum atomic E-state index is 13.4. The van der Waals surface area contributed by atoms with Crippen LogP contribution in [-0.2, 0) is 16.0 Å². The molecule has 0 saturated heterocycles. The highest BCUT2D eigenvalue weighted by Gasteiger charge is 2.41. The van der Waals surface area contributed by atoms with Crippen molar-refractivity contribution in [2.24, 2.45) is 0 Å². The predicted octanol–water partition coefficient (Wildman–Crippen LogP) is 3.25. The van der Waals surface area contributed by atoms with Gasteiger partial charge in [-0.2, -0.15) is 0 Å². The van der Waals surface area contributed by atoms with E-state index in [9.17, 15) is 14.7 Å². The van der Waals surface area contributed by atoms with Crippen molar-refractivity contribution in [2.75, 3.05) is 32.2 Å². The Hall–Kier alpha value is -3.12. The van der Waals surface area contributed by atoms with E-state index < -0.39 is 0 Å². The number of ether oxygens (including phenoxy) is 1. The number of imide groups is 1. The van der Waals surface area contributed by atoms with Gasteiger partial charge in [0.15, 0.2) is 0 Å². The molecule has 0 aliphatic carbocycles. The van der Waals surface area contributed by atoms with Crippen LogP contribution in [0.15, 0.2) is 54.2 Å². The molecule has 0 bridgehead atoms. The highest BCUT2D eigenvalue weighted by molar-refractivity contribution is 6.45. The van der Waals surface area contributed by atoms with E-state index in [-0.39, 0.29) is 30.7 Å². The van der Waals surface area contributed by atoms with Gasteiger partial charge in [0.1, 0.15) is 11.4 Å². The van der Waals surface area contributed by atoms with Gasteiger partial charge < -0.3 is 14.7 Å². The van der Waals surface area contributed by atoms with E-state index in [1.54, 1.807) is 43.3 Å². The number of methoxy groups -OCH3 is 1. The molecule has 1 heterocycles. The van der Waals surface area contributed by atoms with E-state index >= 15 is 0 Å². The fourth-order valence-corrected chi connectivity index (χ4v) is 3.58. The Labute approximate surface area is 177 Å². The normalized spacial score (nSPS) is 13.9. The summed E-state index contributed by atoms with van der Waals surface area (Å²) in [5.74, 6) is -0.0877. The number of hydrogen-bond acceptors (Lipinski definition) is 5. The molecule has 0 spiro atoms. The predicted molar refractivity (Wildman–Crippen MR) is 117 cm³/mol. The number of aliphatic hydroxyl groups is 1. The number of unbranched alkanes of at least 4 members (excludes halogenated alkanes) is 1. The van der Waals surface area contributed by atoms with Crippen molar-refractivity contribution in [1.82, 2.24) is 4.90 Å². The summed E-state index contributed by atoms with van der Waals surface area (Å²) in [6.07, 6.45) is 3.18. The molecule has 3 rings (SSSR count). The molecule has 2 aromatic carbocycles. The fourth-order valence-electron chi connectivity index (χ4n) is 3.58. The highest BCUT2D eigenvalue weighted by atomic mass is 16.5. The third kappa shape index (κ3) is 4.24. The van der Waals surface area contributed by atoms with Crippen molar-refractivity contribution in [3.8, 4) is 5.75 Å². The molecule has 0 atom stereocenters. The lowest BCUT2D eigenvalue weighted by atomic mass is 10.0. The van der Waals surface area contributed by atoms with Gasteiger partial charge >= 0.3 is 0 Å². The quantitative estimate of drug-likeness (QED) is 0.645. The average Bonchev–Trinajstić information content (AvgIpc) is 3.03. The molecule has 0 radical (unpaired) electrons. The van der Waals surface area contributed by atoms with Gasteiger partial charge in [0, 0.05) is 13.6 Å². The fraction of sp³-hybridized carbons (Fsp3) is 0.333. The van der Waals surface area contributed by atoms with E-state index in [0.29, 0.717) is 22.6 Å². The van der Waals surface area contributed by atoms with Crippen molar-refractivity contribution in [3.63, 3.8) is 0 Å². The molecule has 6 heteroatoms. The van der Waals surface area contributed by atoms with Crippen LogP contribution in [0.4, 0.5) is 5.69 Å². The van der Waals surface area contributed by atoms with E-state index in [2.05, 4.69) is 6.92 Å². The molecule has 30 heavy (non-hydrogen) atoms. The standard InChI is InChI=1S/C24H28N2O4/c1-4-5-6-17-7-11-19(12-8-17)26-23(28)21(18-9-13-20(30-3)14-10-18)22(24(26)29)25(2)15-16-27/h7-14,27H,4-6,15-16H2,1-3H3. The number of aliphatic hydroxyl groups excluding tert-OH is 1. The number of aryl methyl sites for hydroxylation is 1. The second-order valence-corrected chi connectivity index (χ2v) is 7.31. The van der Waals surface area contributed by atoms with Crippen LogP contribution in [0.3, 0.4) is 0 Å². The summed E-state index contributed by atoms with van der Waals surface area (Å²) in [7, 11) is 3.28. The first-order valence-electron chi connectivity index (χ1n) is 10.2. The largest absolute Gasteiger partial charge is 0.497 e. The second-order valence-electron chi connectivity index (χ2n) is 7.31. The van der Waals surface area contributed by atoms with Gasteiger partial charge in [-0.15, -0.1) is 0 Å². The SMILES string of the molecule is CCCCc1ccc(N2C(=O)C(c3ccc(OC)cc3)=C(N(C)CCO)C2=O)cc1. The molecule has 158 valence electrons. The number of hydrogen-bond donors (Lipinski definition) is 1. The van der Waals surface area contributed by atoms with Crippen LogP contribution in [0.1, 0.15) is 30.9 Å². The maximum Gasteiger partial charge on any atom is 0.282 e. The lowest BCUT2D eigenvalue weighted by Gasteiger charge is -2.20.